The summed E-state index contributed by atoms with van der Waals surface area (Å²) in [6.07, 6.45) is 63.0. The van der Waals surface area contributed by atoms with Crippen LogP contribution in [0.4, 0.5) is 0 Å². The predicted molar refractivity (Wildman–Crippen MR) is 335 cm³/mol. The minimum atomic E-state index is -4.47. The lowest BCUT2D eigenvalue weighted by atomic mass is 9.94. The normalized spacial score (nSPS) is 13.2. The van der Waals surface area contributed by atoms with Gasteiger partial charge in [-0.25, -0.2) is 4.57 Å². The van der Waals surface area contributed by atoms with Gasteiger partial charge in [0.05, 0.1) is 39.6 Å². The molecule has 0 rings (SSSR count). The van der Waals surface area contributed by atoms with Crippen LogP contribution in [0.15, 0.2) is 0 Å². The molecule has 1 N–H and O–H groups in total. The molecule has 0 saturated heterocycles. The van der Waals surface area contributed by atoms with Crippen molar-refractivity contribution in [3.63, 3.8) is 0 Å². The molecule has 78 heavy (non-hydrogen) atoms. The SMILES string of the molecule is CCCCCCCCCCCCCCC(CCCCCCCCCCCCCC)C(=O)OC[C@H](COP(=O)(O)OCC[N+](C)(C)C)OC(=O)C(CCCCCCCCCCCCCC)CCCCCCCCCCCCCC. The van der Waals surface area contributed by atoms with E-state index in [1.54, 1.807) is 0 Å². The Balaban J connectivity index is 5.83. The lowest BCUT2D eigenvalue weighted by Gasteiger charge is -2.25. The minimum absolute atomic E-state index is 0.0385. The Morgan fingerprint density at radius 3 is 0.859 bits per heavy atom. The fourth-order valence-corrected chi connectivity index (χ4v) is 11.7. The molecule has 466 valence electrons. The van der Waals surface area contributed by atoms with Gasteiger partial charge in [-0.3, -0.25) is 18.6 Å². The van der Waals surface area contributed by atoms with E-state index in [1.165, 1.54) is 257 Å². The molecule has 0 fully saturated rings. The van der Waals surface area contributed by atoms with Gasteiger partial charge in [0.1, 0.15) is 19.8 Å². The summed E-state index contributed by atoms with van der Waals surface area (Å²) < 4.78 is 37.0. The maximum Gasteiger partial charge on any atom is 0.472 e. The van der Waals surface area contributed by atoms with E-state index in [1.807, 2.05) is 21.1 Å². The molecule has 0 aliphatic rings. The standard InChI is InChI=1S/C68H136NO8P/c1-8-12-16-20-24-28-32-36-40-44-48-52-56-64(57-53-49-45-41-37-33-29-25-21-17-13-9-2)67(70)74-62-66(63-76-78(72,73)75-61-60-69(5,6)7)77-68(71)65(58-54-50-46-42-38-34-30-26-22-18-14-10-3)59-55-51-47-43-39-35-31-27-23-19-15-11-4/h64-66H,8-63H2,1-7H3/p+1/t66-/m1/s1. The Kier molecular flexibility index (Phi) is 57.1. The van der Waals surface area contributed by atoms with E-state index in [0.717, 1.165) is 77.0 Å². The van der Waals surface area contributed by atoms with Crippen molar-refractivity contribution >= 4 is 19.8 Å². The molecule has 0 amide bonds. The van der Waals surface area contributed by atoms with Crippen LogP contribution in [0.2, 0.25) is 0 Å². The van der Waals surface area contributed by atoms with Crippen LogP contribution in [0, 0.1) is 11.8 Å². The van der Waals surface area contributed by atoms with E-state index in [2.05, 4.69) is 27.7 Å². The van der Waals surface area contributed by atoms with Crippen molar-refractivity contribution in [1.29, 1.82) is 0 Å². The van der Waals surface area contributed by atoms with Crippen molar-refractivity contribution in [3.05, 3.63) is 0 Å². The van der Waals surface area contributed by atoms with Crippen LogP contribution in [0.25, 0.3) is 0 Å². The number of unbranched alkanes of at least 4 members (excludes halogenated alkanes) is 44. The first-order valence-corrected chi connectivity index (χ1v) is 36.2. The number of hydrogen-bond acceptors (Lipinski definition) is 7. The molecule has 1 unspecified atom stereocenters. The second-order valence-corrected chi connectivity index (χ2v) is 26.9. The van der Waals surface area contributed by atoms with Gasteiger partial charge in [-0.2, -0.15) is 0 Å². The van der Waals surface area contributed by atoms with Gasteiger partial charge in [0.2, 0.25) is 0 Å². The van der Waals surface area contributed by atoms with E-state index in [4.69, 9.17) is 18.5 Å². The molecule has 9 nitrogen and oxygen atoms in total. The van der Waals surface area contributed by atoms with Gasteiger partial charge in [-0.1, -0.05) is 336 Å². The number of phosphoric ester groups is 1. The maximum atomic E-state index is 14.3. The van der Waals surface area contributed by atoms with Crippen LogP contribution < -0.4 is 0 Å². The predicted octanol–water partition coefficient (Wildman–Crippen LogP) is 21.9. The lowest BCUT2D eigenvalue weighted by molar-refractivity contribution is -0.870. The van der Waals surface area contributed by atoms with Gasteiger partial charge < -0.3 is 18.9 Å². The molecule has 0 saturated carbocycles. The summed E-state index contributed by atoms with van der Waals surface area (Å²) in [5.41, 5.74) is 0. The molecule has 0 radical (unpaired) electrons. The first-order chi connectivity index (χ1) is 37.9. The molecule has 0 aliphatic heterocycles. The summed E-state index contributed by atoms with van der Waals surface area (Å²) in [5.74, 6) is -1.06. The molecule has 0 spiro atoms. The number of quaternary nitrogens is 1. The highest BCUT2D eigenvalue weighted by atomic mass is 31.2. The van der Waals surface area contributed by atoms with Crippen molar-refractivity contribution in [2.45, 2.75) is 368 Å². The molecule has 0 bridgehead atoms. The fraction of sp³-hybridized carbons (Fsp3) is 0.971. The fourth-order valence-electron chi connectivity index (χ4n) is 11.0. The zero-order chi connectivity index (χ0) is 57.3. The number of ether oxygens (including phenoxy) is 2. The quantitative estimate of drug-likeness (QED) is 0.0278. The highest BCUT2D eigenvalue weighted by Gasteiger charge is 2.30. The average Bonchev–Trinajstić information content (AvgIpc) is 3.41. The Morgan fingerprint density at radius 2 is 0.603 bits per heavy atom. The summed E-state index contributed by atoms with van der Waals surface area (Å²) in [7, 11) is 1.51. The Hall–Kier alpha value is -0.990. The monoisotopic (exact) mass is 1130 g/mol. The number of esters is 2. The van der Waals surface area contributed by atoms with Crippen molar-refractivity contribution in [3.8, 4) is 0 Å². The second-order valence-electron chi connectivity index (χ2n) is 25.4. The van der Waals surface area contributed by atoms with Crippen LogP contribution in [0.1, 0.15) is 362 Å². The molecular weight excluding hydrogens is 990 g/mol. The van der Waals surface area contributed by atoms with Crippen molar-refractivity contribution in [2.75, 3.05) is 47.5 Å². The third kappa shape index (κ3) is 55.5. The van der Waals surface area contributed by atoms with Gasteiger partial charge in [0.15, 0.2) is 6.10 Å². The third-order valence-corrected chi connectivity index (χ3v) is 17.4. The number of rotatable bonds is 64. The Morgan fingerprint density at radius 1 is 0.359 bits per heavy atom. The molecule has 2 atom stereocenters. The molecule has 0 aromatic heterocycles. The number of likely N-dealkylation sites (N-methyl/N-ethyl adjacent to an activating group) is 1. The van der Waals surface area contributed by atoms with Crippen LogP contribution >= 0.6 is 7.82 Å². The van der Waals surface area contributed by atoms with Crippen LogP contribution in [0.5, 0.6) is 0 Å². The largest absolute Gasteiger partial charge is 0.472 e. The zero-order valence-electron chi connectivity index (χ0n) is 53.5. The molecule has 10 heteroatoms. The Bertz CT molecular complexity index is 1250. The van der Waals surface area contributed by atoms with Gasteiger partial charge in [0.25, 0.3) is 0 Å². The molecule has 0 heterocycles. The van der Waals surface area contributed by atoms with Crippen molar-refractivity contribution in [1.82, 2.24) is 0 Å². The molecule has 0 aliphatic carbocycles. The van der Waals surface area contributed by atoms with E-state index in [9.17, 15) is 19.0 Å². The first-order valence-electron chi connectivity index (χ1n) is 34.7. The van der Waals surface area contributed by atoms with Crippen molar-refractivity contribution in [2.24, 2.45) is 11.8 Å². The van der Waals surface area contributed by atoms with Crippen molar-refractivity contribution < 1.29 is 42.1 Å². The lowest BCUT2D eigenvalue weighted by Crippen LogP contribution is -2.37. The number of nitrogens with zero attached hydrogens (tertiary/aromatic N) is 1. The molecular formula is C68H137NO8P+. The number of carbonyl (C=O) groups excluding carboxylic acids is 2. The molecule has 0 aromatic carbocycles. The summed E-state index contributed by atoms with van der Waals surface area (Å²) in [6.45, 7) is 9.06. The van der Waals surface area contributed by atoms with Gasteiger partial charge in [0, 0.05) is 0 Å². The van der Waals surface area contributed by atoms with E-state index >= 15 is 0 Å². The van der Waals surface area contributed by atoms with Crippen LogP contribution in [0.3, 0.4) is 0 Å². The van der Waals surface area contributed by atoms with Gasteiger partial charge >= 0.3 is 19.8 Å². The highest BCUT2D eigenvalue weighted by molar-refractivity contribution is 7.47. The summed E-state index contributed by atoms with van der Waals surface area (Å²) in [4.78, 5) is 39.2. The second kappa shape index (κ2) is 57.8. The molecule has 0 aromatic rings. The topological polar surface area (TPSA) is 108 Å². The van der Waals surface area contributed by atoms with E-state index in [0.29, 0.717) is 11.0 Å². The first kappa shape index (κ1) is 77.0. The number of hydrogen-bond donors (Lipinski definition) is 1. The highest BCUT2D eigenvalue weighted by Crippen LogP contribution is 2.43. The van der Waals surface area contributed by atoms with Gasteiger partial charge in [-0.05, 0) is 25.7 Å². The summed E-state index contributed by atoms with van der Waals surface area (Å²) >= 11 is 0. The van der Waals surface area contributed by atoms with E-state index < -0.39 is 13.9 Å². The summed E-state index contributed by atoms with van der Waals surface area (Å²) in [6, 6.07) is 0. The van der Waals surface area contributed by atoms with Gasteiger partial charge in [-0.15, -0.1) is 0 Å². The zero-order valence-corrected chi connectivity index (χ0v) is 54.4. The van der Waals surface area contributed by atoms with Crippen LogP contribution in [-0.4, -0.2) is 74.9 Å². The summed E-state index contributed by atoms with van der Waals surface area (Å²) in [5, 5.41) is 0. The minimum Gasteiger partial charge on any atom is -0.461 e. The smallest absolute Gasteiger partial charge is 0.461 e. The number of carbonyl (C=O) groups is 2. The number of phosphoric acid groups is 1. The average molecular weight is 1130 g/mol. The van der Waals surface area contributed by atoms with Crippen LogP contribution in [-0.2, 0) is 32.7 Å². The Labute approximate surface area is 486 Å². The van der Waals surface area contributed by atoms with E-state index in [-0.39, 0.29) is 43.6 Å². The third-order valence-electron chi connectivity index (χ3n) is 16.4. The maximum absolute atomic E-state index is 14.3.